The second-order valence-electron chi connectivity index (χ2n) is 8.08. The highest BCUT2D eigenvalue weighted by atomic mass is 35.5. The van der Waals surface area contributed by atoms with Crippen LogP contribution in [-0.4, -0.2) is 42.4 Å². The first-order valence-electron chi connectivity index (χ1n) is 11.0. The van der Waals surface area contributed by atoms with Crippen LogP contribution in [0.3, 0.4) is 0 Å². The molecule has 0 radical (unpaired) electrons. The van der Waals surface area contributed by atoms with Crippen molar-refractivity contribution in [2.45, 2.75) is 58.6 Å². The average Bonchev–Trinajstić information content (AvgIpc) is 3.14. The second kappa shape index (κ2) is 12.4. The minimum absolute atomic E-state index is 0. The number of carbonyl (C=O) groups is 1. The van der Waals surface area contributed by atoms with E-state index in [0.717, 1.165) is 69.6 Å². The van der Waals surface area contributed by atoms with Crippen LogP contribution in [0.1, 0.15) is 73.7 Å². The lowest BCUT2D eigenvalue weighted by Crippen LogP contribution is -2.33. The van der Waals surface area contributed by atoms with Gasteiger partial charge in [0.25, 0.3) is 5.91 Å². The molecule has 1 unspecified atom stereocenters. The lowest BCUT2D eigenvalue weighted by molar-refractivity contribution is 0.0751. The van der Waals surface area contributed by atoms with Gasteiger partial charge in [0.15, 0.2) is 0 Å². The highest BCUT2D eigenvalue weighted by Gasteiger charge is 2.26. The van der Waals surface area contributed by atoms with Gasteiger partial charge < -0.3 is 14.1 Å². The lowest BCUT2D eigenvalue weighted by atomic mass is 10.1. The fourth-order valence-electron chi connectivity index (χ4n) is 3.78. The first-order valence-corrected chi connectivity index (χ1v) is 11.4. The van der Waals surface area contributed by atoms with Crippen LogP contribution < -0.4 is 4.74 Å². The summed E-state index contributed by atoms with van der Waals surface area (Å²) in [6.07, 6.45) is 6.59. The maximum atomic E-state index is 13.0. The SMILES string of the molecule is CCCCN(CCCC)C(=O)c1ccc(OC2CCN(C)Cc3occc32)c(Cl)c1.Cl. The number of unbranched alkanes of at least 4 members (excludes halogenated alkanes) is 2. The summed E-state index contributed by atoms with van der Waals surface area (Å²) in [7, 11) is 2.07. The van der Waals surface area contributed by atoms with Crippen LogP contribution in [-0.2, 0) is 6.54 Å². The Bertz CT molecular complexity index is 832. The van der Waals surface area contributed by atoms with Crippen LogP contribution in [0, 0.1) is 0 Å². The van der Waals surface area contributed by atoms with Gasteiger partial charge in [-0.05, 0) is 44.2 Å². The molecule has 7 heteroatoms. The summed E-state index contributed by atoms with van der Waals surface area (Å²) in [6, 6.07) is 7.36. The zero-order chi connectivity index (χ0) is 21.5. The van der Waals surface area contributed by atoms with Crippen molar-refractivity contribution in [3.05, 3.63) is 52.4 Å². The first kappa shape index (κ1) is 25.6. The fraction of sp³-hybridized carbons (Fsp3) is 0.542. The maximum Gasteiger partial charge on any atom is 0.253 e. The van der Waals surface area contributed by atoms with Crippen molar-refractivity contribution in [3.63, 3.8) is 0 Å². The molecule has 0 spiro atoms. The van der Waals surface area contributed by atoms with Crippen LogP contribution in [0.4, 0.5) is 0 Å². The molecule has 5 nitrogen and oxygen atoms in total. The van der Waals surface area contributed by atoms with E-state index in [4.69, 9.17) is 20.8 Å². The molecule has 2 aromatic rings. The van der Waals surface area contributed by atoms with E-state index in [9.17, 15) is 4.79 Å². The molecule has 2 heterocycles. The number of furan rings is 1. The molecule has 0 bridgehead atoms. The first-order chi connectivity index (χ1) is 14.5. The fourth-order valence-corrected chi connectivity index (χ4v) is 4.01. The quantitative estimate of drug-likeness (QED) is 0.429. The number of benzene rings is 1. The van der Waals surface area contributed by atoms with E-state index in [0.29, 0.717) is 16.3 Å². The minimum Gasteiger partial charge on any atom is -0.484 e. The summed E-state index contributed by atoms with van der Waals surface area (Å²) in [4.78, 5) is 17.2. The van der Waals surface area contributed by atoms with Gasteiger partial charge in [0.1, 0.15) is 17.6 Å². The van der Waals surface area contributed by atoms with Crippen LogP contribution in [0.2, 0.25) is 5.02 Å². The summed E-state index contributed by atoms with van der Waals surface area (Å²) in [5, 5.41) is 0.467. The maximum absolute atomic E-state index is 13.0. The van der Waals surface area contributed by atoms with E-state index >= 15 is 0 Å². The van der Waals surface area contributed by atoms with E-state index in [-0.39, 0.29) is 24.4 Å². The lowest BCUT2D eigenvalue weighted by Gasteiger charge is -2.23. The smallest absolute Gasteiger partial charge is 0.253 e. The Morgan fingerprint density at radius 1 is 1.23 bits per heavy atom. The van der Waals surface area contributed by atoms with Crippen molar-refractivity contribution in [2.75, 3.05) is 26.7 Å². The van der Waals surface area contributed by atoms with Crippen LogP contribution >= 0.6 is 24.0 Å². The molecule has 0 saturated heterocycles. The van der Waals surface area contributed by atoms with Crippen molar-refractivity contribution in [1.82, 2.24) is 9.80 Å². The summed E-state index contributed by atoms with van der Waals surface area (Å²) < 4.78 is 11.9. The molecule has 0 aliphatic carbocycles. The van der Waals surface area contributed by atoms with Gasteiger partial charge in [0.05, 0.1) is 17.8 Å². The molecule has 0 saturated carbocycles. The van der Waals surface area contributed by atoms with Crippen LogP contribution in [0.15, 0.2) is 34.9 Å². The molecule has 1 amide bonds. The van der Waals surface area contributed by atoms with Gasteiger partial charge in [-0.1, -0.05) is 38.3 Å². The summed E-state index contributed by atoms with van der Waals surface area (Å²) in [5.41, 5.74) is 1.69. The number of rotatable bonds is 9. The zero-order valence-corrected chi connectivity index (χ0v) is 20.3. The summed E-state index contributed by atoms with van der Waals surface area (Å²) in [6.45, 7) is 7.53. The zero-order valence-electron chi connectivity index (χ0n) is 18.7. The van der Waals surface area contributed by atoms with Gasteiger partial charge in [-0.3, -0.25) is 9.69 Å². The summed E-state index contributed by atoms with van der Waals surface area (Å²) >= 11 is 6.55. The van der Waals surface area contributed by atoms with Gasteiger partial charge in [-0.15, -0.1) is 12.4 Å². The molecular weight excluding hydrogens is 435 g/mol. The molecular formula is C24H34Cl2N2O3. The van der Waals surface area contributed by atoms with E-state index < -0.39 is 0 Å². The van der Waals surface area contributed by atoms with E-state index in [1.54, 1.807) is 12.3 Å². The number of ether oxygens (including phenoxy) is 1. The van der Waals surface area contributed by atoms with E-state index in [1.165, 1.54) is 0 Å². The Hall–Kier alpha value is -1.69. The predicted octanol–water partition coefficient (Wildman–Crippen LogP) is 6.35. The van der Waals surface area contributed by atoms with Gasteiger partial charge in [0.2, 0.25) is 0 Å². The highest BCUT2D eigenvalue weighted by molar-refractivity contribution is 6.32. The van der Waals surface area contributed by atoms with Gasteiger partial charge >= 0.3 is 0 Å². The third kappa shape index (κ3) is 6.64. The van der Waals surface area contributed by atoms with Crippen molar-refractivity contribution in [3.8, 4) is 5.75 Å². The molecule has 0 fully saturated rings. The Morgan fingerprint density at radius 3 is 2.58 bits per heavy atom. The monoisotopic (exact) mass is 468 g/mol. The molecule has 1 aromatic heterocycles. The number of carbonyl (C=O) groups excluding carboxylic acids is 1. The van der Waals surface area contributed by atoms with Crippen LogP contribution in [0.5, 0.6) is 5.75 Å². The normalized spacial score (nSPS) is 16.2. The second-order valence-corrected chi connectivity index (χ2v) is 8.48. The van der Waals surface area contributed by atoms with Crippen molar-refractivity contribution >= 4 is 29.9 Å². The van der Waals surface area contributed by atoms with Crippen molar-refractivity contribution in [1.29, 1.82) is 0 Å². The third-order valence-corrected chi connectivity index (χ3v) is 5.91. The Kier molecular flexibility index (Phi) is 10.2. The molecule has 1 atom stereocenters. The third-order valence-electron chi connectivity index (χ3n) is 5.61. The van der Waals surface area contributed by atoms with E-state index in [2.05, 4.69) is 25.8 Å². The minimum atomic E-state index is -0.117. The number of amides is 1. The number of nitrogens with zero attached hydrogens (tertiary/aromatic N) is 2. The van der Waals surface area contributed by atoms with E-state index in [1.807, 2.05) is 23.1 Å². The van der Waals surface area contributed by atoms with Gasteiger partial charge in [-0.2, -0.15) is 0 Å². The molecule has 1 aliphatic heterocycles. The molecule has 172 valence electrons. The molecule has 31 heavy (non-hydrogen) atoms. The topological polar surface area (TPSA) is 45.9 Å². The van der Waals surface area contributed by atoms with Gasteiger partial charge in [-0.25, -0.2) is 0 Å². The molecule has 0 N–H and O–H groups in total. The molecule has 1 aromatic carbocycles. The Morgan fingerprint density at radius 2 is 1.94 bits per heavy atom. The largest absolute Gasteiger partial charge is 0.484 e. The Balaban J connectivity index is 0.00000341. The predicted molar refractivity (Wildman–Crippen MR) is 127 cm³/mol. The Labute approximate surface area is 197 Å². The van der Waals surface area contributed by atoms with Crippen molar-refractivity contribution < 1.29 is 13.9 Å². The van der Waals surface area contributed by atoms with Crippen LogP contribution in [0.25, 0.3) is 0 Å². The van der Waals surface area contributed by atoms with Crippen molar-refractivity contribution in [2.24, 2.45) is 0 Å². The average molecular weight is 469 g/mol. The molecule has 1 aliphatic rings. The summed E-state index contributed by atoms with van der Waals surface area (Å²) in [5.74, 6) is 1.58. The molecule has 3 rings (SSSR count). The number of hydrogen-bond acceptors (Lipinski definition) is 4. The standard InChI is InChI=1S/C24H33ClN2O3.ClH/c1-4-6-12-27(13-7-5-2)24(28)18-8-9-22(20(25)16-18)30-21-10-14-26(3)17-23-19(21)11-15-29-23;/h8-9,11,15-16,21H,4-7,10,12-14,17H2,1-3H3;1H. The number of fused-ring (bicyclic) bond motifs is 1. The number of hydrogen-bond donors (Lipinski definition) is 0. The highest BCUT2D eigenvalue weighted by Crippen LogP contribution is 2.35. The number of halogens is 2. The van der Waals surface area contributed by atoms with Gasteiger partial charge in [0, 0.05) is 37.2 Å².